The van der Waals surface area contributed by atoms with Gasteiger partial charge in [-0.3, -0.25) is 25.0 Å². The van der Waals surface area contributed by atoms with Crippen LogP contribution < -0.4 is 11.0 Å². The maximum atomic E-state index is 11.2. The minimum absolute atomic E-state index is 0.0463. The second-order valence-electron chi connectivity index (χ2n) is 2.12. The van der Waals surface area contributed by atoms with Crippen molar-refractivity contribution in [3.8, 4) is 0 Å². The van der Waals surface area contributed by atoms with E-state index in [1.54, 1.807) is 0 Å². The van der Waals surface area contributed by atoms with Crippen LogP contribution >= 0.6 is 42.4 Å². The molecule has 13 heavy (non-hydrogen) atoms. The summed E-state index contributed by atoms with van der Waals surface area (Å²) in [5, 5.41) is 0. The quantitative estimate of drug-likeness (QED) is 0.585. The van der Waals surface area contributed by atoms with Crippen molar-refractivity contribution in [3.05, 3.63) is 0 Å². The first-order chi connectivity index (χ1) is 5.80. The molecule has 0 heterocycles. The molecule has 5 nitrogen and oxygen atoms in total. The van der Waals surface area contributed by atoms with E-state index >= 15 is 0 Å². The van der Waals surface area contributed by atoms with E-state index in [4.69, 9.17) is 45.8 Å². The fraction of sp³-hybridized carbons (Fsp3) is 0.750. The van der Waals surface area contributed by atoms with E-state index in [1.807, 2.05) is 0 Å². The van der Waals surface area contributed by atoms with Gasteiger partial charge in [-0.05, 0) is 0 Å². The molecule has 0 radical (unpaired) electrons. The zero-order chi connectivity index (χ0) is 10.6. The van der Waals surface area contributed by atoms with Gasteiger partial charge in [-0.2, -0.15) is 0 Å². The highest BCUT2D eigenvalue weighted by Gasteiger charge is 2.29. The van der Waals surface area contributed by atoms with Crippen LogP contribution in [0, 0.1) is 0 Å². The molecule has 0 aliphatic heterocycles. The van der Waals surface area contributed by atoms with Gasteiger partial charge in [0.1, 0.15) is 0 Å². The Kier molecular flexibility index (Phi) is 5.59. The summed E-state index contributed by atoms with van der Waals surface area (Å²) in [5.41, 5.74) is 10.1. The standard InChI is InChI=1S/C4H9Cl3N3O2P/c5-1-2-10(13(8,9)12)4(11)3(6)7/h3H,1-2H2,(H4,8,9,12). The second-order valence-corrected chi connectivity index (χ2v) is 5.43. The number of amides is 1. The summed E-state index contributed by atoms with van der Waals surface area (Å²) in [6.45, 7) is -0.0550. The van der Waals surface area contributed by atoms with E-state index in [9.17, 15) is 9.36 Å². The molecule has 0 bridgehead atoms. The van der Waals surface area contributed by atoms with Crippen molar-refractivity contribution in [2.24, 2.45) is 11.0 Å². The van der Waals surface area contributed by atoms with Gasteiger partial charge in [0.2, 0.25) is 0 Å². The Morgan fingerprint density at radius 1 is 1.46 bits per heavy atom. The molecule has 9 heteroatoms. The number of nitrogens with two attached hydrogens (primary N) is 2. The number of halogens is 3. The van der Waals surface area contributed by atoms with Crippen LogP contribution in [-0.4, -0.2) is 27.8 Å². The van der Waals surface area contributed by atoms with Crippen molar-refractivity contribution in [3.63, 3.8) is 0 Å². The zero-order valence-corrected chi connectivity index (χ0v) is 9.65. The van der Waals surface area contributed by atoms with E-state index in [1.165, 1.54) is 0 Å². The highest BCUT2D eigenvalue weighted by molar-refractivity contribution is 7.57. The van der Waals surface area contributed by atoms with Crippen molar-refractivity contribution in [1.29, 1.82) is 0 Å². The largest absolute Gasteiger partial charge is 0.302 e. The van der Waals surface area contributed by atoms with Crippen LogP contribution in [0.4, 0.5) is 0 Å². The van der Waals surface area contributed by atoms with Gasteiger partial charge >= 0.3 is 7.59 Å². The first kappa shape index (κ1) is 13.5. The van der Waals surface area contributed by atoms with E-state index < -0.39 is 18.3 Å². The Balaban J connectivity index is 4.62. The lowest BCUT2D eigenvalue weighted by Crippen LogP contribution is -2.38. The van der Waals surface area contributed by atoms with Crippen LogP contribution in [0.25, 0.3) is 0 Å². The molecule has 0 aromatic rings. The smallest absolute Gasteiger partial charge is 0.271 e. The van der Waals surface area contributed by atoms with Crippen molar-refractivity contribution >= 4 is 48.3 Å². The lowest BCUT2D eigenvalue weighted by atomic mass is 10.6. The first-order valence-corrected chi connectivity index (χ1v) is 6.34. The molecule has 0 atom stereocenters. The number of carbonyl (C=O) groups is 1. The summed E-state index contributed by atoms with van der Waals surface area (Å²) in [7, 11) is -3.67. The Hall–Kier alpha value is 0.490. The molecule has 0 fully saturated rings. The van der Waals surface area contributed by atoms with Gasteiger partial charge in [0.25, 0.3) is 5.91 Å². The van der Waals surface area contributed by atoms with Crippen LogP contribution in [0.5, 0.6) is 0 Å². The molecule has 4 N–H and O–H groups in total. The number of hydrogen-bond donors (Lipinski definition) is 2. The summed E-state index contributed by atoms with van der Waals surface area (Å²) in [4.78, 5) is 9.81. The predicted molar refractivity (Wildman–Crippen MR) is 53.9 cm³/mol. The Labute approximate surface area is 90.8 Å². The average molecular weight is 268 g/mol. The third kappa shape index (κ3) is 4.49. The summed E-state index contributed by atoms with van der Waals surface area (Å²) >= 11 is 15.9. The van der Waals surface area contributed by atoms with Gasteiger partial charge < -0.3 is 0 Å². The maximum Gasteiger partial charge on any atom is 0.302 e. The Morgan fingerprint density at radius 2 is 1.92 bits per heavy atom. The molecule has 0 saturated heterocycles. The third-order valence-electron chi connectivity index (χ3n) is 1.11. The third-order valence-corrected chi connectivity index (χ3v) is 2.81. The Bertz CT molecular complexity index is 231. The van der Waals surface area contributed by atoms with Gasteiger partial charge in [-0.15, -0.1) is 11.6 Å². The van der Waals surface area contributed by atoms with Crippen LogP contribution in [0.1, 0.15) is 0 Å². The van der Waals surface area contributed by atoms with Crippen molar-refractivity contribution < 1.29 is 9.36 Å². The topological polar surface area (TPSA) is 89.4 Å². The van der Waals surface area contributed by atoms with Crippen LogP contribution in [0.3, 0.4) is 0 Å². The monoisotopic (exact) mass is 267 g/mol. The fourth-order valence-electron chi connectivity index (χ4n) is 0.613. The number of nitrogens with zero attached hydrogens (tertiary/aromatic N) is 1. The van der Waals surface area contributed by atoms with Crippen molar-refractivity contribution in [2.45, 2.75) is 4.84 Å². The number of alkyl halides is 3. The minimum atomic E-state index is -3.67. The molecule has 1 amide bonds. The molecule has 78 valence electrons. The summed E-state index contributed by atoms with van der Waals surface area (Å²) in [5.74, 6) is -0.762. The zero-order valence-electron chi connectivity index (χ0n) is 6.49. The lowest BCUT2D eigenvalue weighted by molar-refractivity contribution is -0.124. The maximum absolute atomic E-state index is 11.2. The van der Waals surface area contributed by atoms with Crippen molar-refractivity contribution in [1.82, 2.24) is 4.67 Å². The highest BCUT2D eigenvalue weighted by atomic mass is 35.5. The van der Waals surface area contributed by atoms with Crippen LogP contribution in [0.2, 0.25) is 0 Å². The van der Waals surface area contributed by atoms with E-state index in [-0.39, 0.29) is 12.4 Å². The summed E-state index contributed by atoms with van der Waals surface area (Å²) < 4.78 is 11.8. The number of rotatable bonds is 4. The van der Waals surface area contributed by atoms with E-state index in [0.717, 1.165) is 0 Å². The number of hydrogen-bond acceptors (Lipinski definition) is 2. The van der Waals surface area contributed by atoms with Crippen molar-refractivity contribution in [2.75, 3.05) is 12.4 Å². The van der Waals surface area contributed by atoms with Gasteiger partial charge in [-0.25, -0.2) is 0 Å². The molecule has 0 saturated carbocycles. The van der Waals surface area contributed by atoms with E-state index in [2.05, 4.69) is 0 Å². The van der Waals surface area contributed by atoms with Crippen LogP contribution in [0.15, 0.2) is 0 Å². The van der Waals surface area contributed by atoms with E-state index in [0.29, 0.717) is 4.67 Å². The molecule has 0 aliphatic rings. The SMILES string of the molecule is NP(N)(=O)N(CCCl)C(=O)C(Cl)Cl. The molecular weight excluding hydrogens is 259 g/mol. The predicted octanol–water partition coefficient (Wildman–Crippen LogP) is 0.883. The van der Waals surface area contributed by atoms with Gasteiger partial charge in [-0.1, -0.05) is 23.2 Å². The number of carbonyl (C=O) groups excluding carboxylic acids is 1. The molecule has 0 aromatic carbocycles. The highest BCUT2D eigenvalue weighted by Crippen LogP contribution is 2.33. The van der Waals surface area contributed by atoms with Gasteiger partial charge in [0, 0.05) is 12.4 Å². The molecule has 0 rings (SSSR count). The lowest BCUT2D eigenvalue weighted by Gasteiger charge is -2.24. The molecule has 0 aliphatic carbocycles. The minimum Gasteiger partial charge on any atom is -0.271 e. The summed E-state index contributed by atoms with van der Waals surface area (Å²) in [6.07, 6.45) is 0. The Morgan fingerprint density at radius 3 is 2.15 bits per heavy atom. The van der Waals surface area contributed by atoms with Gasteiger partial charge in [0.15, 0.2) is 4.84 Å². The molecule has 0 aromatic heterocycles. The normalized spacial score (nSPS) is 11.8. The average Bonchev–Trinajstić information content (AvgIpc) is 1.96. The molecule has 0 spiro atoms. The molecule has 0 unspecified atom stereocenters. The summed E-state index contributed by atoms with van der Waals surface area (Å²) in [6, 6.07) is 0. The second kappa shape index (κ2) is 5.39. The first-order valence-electron chi connectivity index (χ1n) is 3.14. The molecular formula is C4H9Cl3N3O2P. The fourth-order valence-corrected chi connectivity index (χ4v) is 2.11. The van der Waals surface area contributed by atoms with Crippen LogP contribution in [-0.2, 0) is 9.36 Å². The van der Waals surface area contributed by atoms with Gasteiger partial charge in [0.05, 0.1) is 0 Å².